The third-order valence-corrected chi connectivity index (χ3v) is 4.81. The van der Waals surface area contributed by atoms with Crippen LogP contribution in [0.3, 0.4) is 0 Å². The first-order valence-corrected chi connectivity index (χ1v) is 9.30. The van der Waals surface area contributed by atoms with E-state index in [1.54, 1.807) is 0 Å². The molecule has 0 unspecified atom stereocenters. The van der Waals surface area contributed by atoms with Gasteiger partial charge in [0, 0.05) is 51.0 Å². The van der Waals surface area contributed by atoms with Crippen LogP contribution >= 0.6 is 0 Å². The molecule has 1 fully saturated rings. The Morgan fingerprint density at radius 1 is 1.42 bits per heavy atom. The minimum Gasteiger partial charge on any atom is -0.425 e. The minimum atomic E-state index is 0.155. The lowest BCUT2D eigenvalue weighted by molar-refractivity contribution is -0.132. The Morgan fingerprint density at radius 2 is 2.27 bits per heavy atom. The first-order chi connectivity index (χ1) is 12.6. The fourth-order valence-corrected chi connectivity index (χ4v) is 3.29. The van der Waals surface area contributed by atoms with Gasteiger partial charge in [0.05, 0.1) is 0 Å². The molecule has 0 saturated carbocycles. The zero-order valence-electron chi connectivity index (χ0n) is 15.7. The van der Waals surface area contributed by atoms with Crippen LogP contribution in [0.4, 0.5) is 5.82 Å². The van der Waals surface area contributed by atoms with E-state index < -0.39 is 0 Å². The van der Waals surface area contributed by atoms with Gasteiger partial charge in [-0.05, 0) is 30.5 Å². The van der Waals surface area contributed by atoms with Gasteiger partial charge < -0.3 is 14.6 Å². The molecule has 7 nitrogen and oxygen atoms in total. The molecule has 26 heavy (non-hydrogen) atoms. The van der Waals surface area contributed by atoms with Crippen molar-refractivity contribution in [1.82, 2.24) is 20.1 Å². The molecular formula is C19H27N5O2. The van der Waals surface area contributed by atoms with E-state index in [2.05, 4.69) is 26.6 Å². The maximum atomic E-state index is 12.6. The number of nitrogens with zero attached hydrogens (tertiary/aromatic N) is 4. The number of anilines is 1. The molecule has 1 atom stereocenters. The van der Waals surface area contributed by atoms with E-state index in [0.717, 1.165) is 31.7 Å². The largest absolute Gasteiger partial charge is 0.425 e. The fraction of sp³-hybridized carbons (Fsp3) is 0.579. The van der Waals surface area contributed by atoms with Gasteiger partial charge in [-0.1, -0.05) is 13.8 Å². The molecule has 7 heteroatoms. The van der Waals surface area contributed by atoms with Crippen LogP contribution in [0.2, 0.25) is 0 Å². The number of hydrogen-bond acceptors (Lipinski definition) is 6. The van der Waals surface area contributed by atoms with Gasteiger partial charge in [-0.3, -0.25) is 4.79 Å². The van der Waals surface area contributed by atoms with Crippen molar-refractivity contribution in [2.24, 2.45) is 0 Å². The normalized spacial score (nSPS) is 17.5. The Bertz CT molecular complexity index is 743. The van der Waals surface area contributed by atoms with Crippen LogP contribution in [-0.2, 0) is 11.2 Å². The first-order valence-electron chi connectivity index (χ1n) is 9.30. The van der Waals surface area contributed by atoms with Crippen LogP contribution in [0.25, 0.3) is 0 Å². The van der Waals surface area contributed by atoms with Gasteiger partial charge in [0.15, 0.2) is 0 Å². The number of nitrogens with one attached hydrogen (secondary N) is 1. The number of pyridine rings is 1. The lowest BCUT2D eigenvalue weighted by Gasteiger charge is -2.33. The molecule has 3 rings (SSSR count). The van der Waals surface area contributed by atoms with Crippen molar-refractivity contribution in [2.75, 3.05) is 25.5 Å². The Kier molecular flexibility index (Phi) is 5.85. The molecule has 0 spiro atoms. The van der Waals surface area contributed by atoms with E-state index in [9.17, 15) is 4.79 Å². The summed E-state index contributed by atoms with van der Waals surface area (Å²) in [6.45, 7) is 5.59. The highest BCUT2D eigenvalue weighted by Crippen LogP contribution is 2.28. The molecule has 1 saturated heterocycles. The number of likely N-dealkylation sites (tertiary alicyclic amines) is 1. The van der Waals surface area contributed by atoms with Crippen molar-refractivity contribution in [3.05, 3.63) is 35.7 Å². The average Bonchev–Trinajstić information content (AvgIpc) is 3.15. The van der Waals surface area contributed by atoms with Gasteiger partial charge in [0.1, 0.15) is 5.82 Å². The van der Waals surface area contributed by atoms with Gasteiger partial charge in [-0.15, -0.1) is 10.2 Å². The van der Waals surface area contributed by atoms with Crippen LogP contribution in [0.1, 0.15) is 62.3 Å². The van der Waals surface area contributed by atoms with Crippen molar-refractivity contribution in [3.8, 4) is 0 Å². The number of amides is 1. The maximum absolute atomic E-state index is 12.6. The molecule has 0 aliphatic carbocycles. The van der Waals surface area contributed by atoms with Gasteiger partial charge in [-0.25, -0.2) is 4.98 Å². The van der Waals surface area contributed by atoms with E-state index >= 15 is 0 Å². The SMILES string of the molecule is CNc1cc([C@@H]2CCCN(C(=O)CCc3nnc(C(C)C)o3)C2)ccn1. The third kappa shape index (κ3) is 4.39. The predicted molar refractivity (Wildman–Crippen MR) is 99.0 cm³/mol. The quantitative estimate of drug-likeness (QED) is 0.856. The van der Waals surface area contributed by atoms with Gasteiger partial charge in [0.2, 0.25) is 17.7 Å². The van der Waals surface area contributed by atoms with E-state index in [-0.39, 0.29) is 11.8 Å². The summed E-state index contributed by atoms with van der Waals surface area (Å²) in [6.07, 6.45) is 4.84. The van der Waals surface area contributed by atoms with Crippen molar-refractivity contribution in [3.63, 3.8) is 0 Å². The summed E-state index contributed by atoms with van der Waals surface area (Å²) in [6, 6.07) is 4.12. The molecule has 2 aromatic heterocycles. The monoisotopic (exact) mass is 357 g/mol. The summed E-state index contributed by atoms with van der Waals surface area (Å²) >= 11 is 0. The molecule has 3 heterocycles. The predicted octanol–water partition coefficient (Wildman–Crippen LogP) is 2.97. The van der Waals surface area contributed by atoms with Gasteiger partial charge in [-0.2, -0.15) is 0 Å². The number of piperidine rings is 1. The van der Waals surface area contributed by atoms with Crippen molar-refractivity contribution >= 4 is 11.7 Å². The molecule has 1 aliphatic rings. The van der Waals surface area contributed by atoms with Crippen LogP contribution < -0.4 is 5.32 Å². The second-order valence-electron chi connectivity index (χ2n) is 7.09. The topological polar surface area (TPSA) is 84.2 Å². The second-order valence-corrected chi connectivity index (χ2v) is 7.09. The van der Waals surface area contributed by atoms with Crippen LogP contribution in [0.15, 0.2) is 22.7 Å². The van der Waals surface area contributed by atoms with Crippen molar-refractivity contribution in [1.29, 1.82) is 0 Å². The summed E-state index contributed by atoms with van der Waals surface area (Å²) in [4.78, 5) is 18.9. The fourth-order valence-electron chi connectivity index (χ4n) is 3.29. The Morgan fingerprint density at radius 3 is 3.00 bits per heavy atom. The minimum absolute atomic E-state index is 0.155. The summed E-state index contributed by atoms with van der Waals surface area (Å²) in [5.74, 6) is 2.76. The number of aromatic nitrogens is 3. The number of rotatable bonds is 6. The first kappa shape index (κ1) is 18.4. The highest BCUT2D eigenvalue weighted by atomic mass is 16.4. The second kappa shape index (κ2) is 8.29. The molecule has 2 aromatic rings. The van der Waals surface area contributed by atoms with Crippen LogP contribution in [0.5, 0.6) is 0 Å². The smallest absolute Gasteiger partial charge is 0.223 e. The van der Waals surface area contributed by atoms with E-state index in [4.69, 9.17) is 4.42 Å². The number of carbonyl (C=O) groups is 1. The zero-order chi connectivity index (χ0) is 18.5. The number of hydrogen-bond donors (Lipinski definition) is 1. The number of carbonyl (C=O) groups excluding carboxylic acids is 1. The third-order valence-electron chi connectivity index (χ3n) is 4.81. The molecule has 140 valence electrons. The molecule has 1 N–H and O–H groups in total. The van der Waals surface area contributed by atoms with Gasteiger partial charge >= 0.3 is 0 Å². The Balaban J connectivity index is 1.57. The Labute approximate surface area is 154 Å². The maximum Gasteiger partial charge on any atom is 0.223 e. The van der Waals surface area contributed by atoms with E-state index in [1.807, 2.05) is 38.1 Å². The highest BCUT2D eigenvalue weighted by molar-refractivity contribution is 5.76. The molecule has 0 aromatic carbocycles. The lowest BCUT2D eigenvalue weighted by Crippen LogP contribution is -2.39. The average molecular weight is 357 g/mol. The summed E-state index contributed by atoms with van der Waals surface area (Å²) in [5.41, 5.74) is 1.24. The molecule has 0 radical (unpaired) electrons. The Hall–Kier alpha value is -2.44. The van der Waals surface area contributed by atoms with Gasteiger partial charge in [0.25, 0.3) is 0 Å². The van der Waals surface area contributed by atoms with E-state index in [0.29, 0.717) is 30.5 Å². The van der Waals surface area contributed by atoms with Crippen LogP contribution in [-0.4, -0.2) is 46.1 Å². The molecule has 0 bridgehead atoms. The summed E-state index contributed by atoms with van der Waals surface area (Å²) in [5, 5.41) is 11.1. The van der Waals surface area contributed by atoms with E-state index in [1.165, 1.54) is 5.56 Å². The lowest BCUT2D eigenvalue weighted by atomic mass is 9.91. The summed E-state index contributed by atoms with van der Waals surface area (Å²) < 4.78 is 5.59. The molecular weight excluding hydrogens is 330 g/mol. The highest BCUT2D eigenvalue weighted by Gasteiger charge is 2.25. The van der Waals surface area contributed by atoms with Crippen molar-refractivity contribution < 1.29 is 9.21 Å². The zero-order valence-corrected chi connectivity index (χ0v) is 15.7. The molecule has 1 amide bonds. The summed E-state index contributed by atoms with van der Waals surface area (Å²) in [7, 11) is 1.87. The molecule has 1 aliphatic heterocycles. The van der Waals surface area contributed by atoms with Crippen LogP contribution in [0, 0.1) is 0 Å². The standard InChI is InChI=1S/C19H27N5O2/c1-13(2)19-23-22-17(26-19)6-7-18(25)24-10-4-5-15(12-24)14-8-9-21-16(11-14)20-3/h8-9,11,13,15H,4-7,10,12H2,1-3H3,(H,20,21)/t15-/m1/s1. The van der Waals surface area contributed by atoms with Crippen molar-refractivity contribution in [2.45, 2.75) is 51.4 Å². The number of aryl methyl sites for hydroxylation is 1.